The van der Waals surface area contributed by atoms with E-state index in [1.165, 1.54) is 33.4 Å². The molecule has 0 unspecified atom stereocenters. The highest BCUT2D eigenvalue weighted by Crippen LogP contribution is 2.52. The maximum atomic E-state index is 13.4. The van der Waals surface area contributed by atoms with Gasteiger partial charge in [0.05, 0.1) is 29.9 Å². The normalized spacial score (nSPS) is 24.8. The van der Waals surface area contributed by atoms with E-state index in [9.17, 15) is 33.9 Å². The molecule has 3 rings (SSSR count). The monoisotopic (exact) mass is 655 g/mol. The number of hydrogen-bond donors (Lipinski definition) is 1. The summed E-state index contributed by atoms with van der Waals surface area (Å²) >= 11 is 1.25. The molecule has 45 heavy (non-hydrogen) atoms. The SMILES string of the molecule is CCC(CC)C(=O)OCOC(=O)C1=C(S[C@H]2C[C@@H](C(=O)N(C)C)N(C(=O)OCOC(=O)C(C)C)C2)[C@H](C)[C@@H]2[C@@H]([C@@H](C)O)C(=O)N12. The molecule has 3 aliphatic rings. The van der Waals surface area contributed by atoms with Crippen LogP contribution in [0.5, 0.6) is 0 Å². The molecule has 1 N–H and O–H groups in total. The molecule has 0 aromatic rings. The minimum absolute atomic E-state index is 0.00454. The van der Waals surface area contributed by atoms with Crippen LogP contribution in [0.3, 0.4) is 0 Å². The molecule has 0 aromatic carbocycles. The minimum atomic E-state index is -0.951. The number of hydrogen-bond acceptors (Lipinski definition) is 12. The number of esters is 3. The lowest BCUT2D eigenvalue weighted by molar-refractivity contribution is -0.173. The van der Waals surface area contributed by atoms with Crippen molar-refractivity contribution < 1.29 is 52.8 Å². The molecular weight excluding hydrogens is 610 g/mol. The summed E-state index contributed by atoms with van der Waals surface area (Å²) in [5.74, 6) is -4.49. The van der Waals surface area contributed by atoms with E-state index in [1.807, 2.05) is 20.8 Å². The first kappa shape index (κ1) is 36.1. The number of rotatable bonds is 13. The van der Waals surface area contributed by atoms with Crippen molar-refractivity contribution in [2.75, 3.05) is 34.2 Å². The second kappa shape index (κ2) is 15.3. The average Bonchev–Trinajstić information content (AvgIpc) is 3.50. The van der Waals surface area contributed by atoms with Gasteiger partial charge in [-0.05, 0) is 26.2 Å². The molecule has 2 saturated heterocycles. The summed E-state index contributed by atoms with van der Waals surface area (Å²) in [4.78, 5) is 81.1. The van der Waals surface area contributed by atoms with Crippen molar-refractivity contribution in [3.8, 4) is 0 Å². The van der Waals surface area contributed by atoms with Gasteiger partial charge in [-0.2, -0.15) is 0 Å². The fourth-order valence-corrected chi connectivity index (χ4v) is 7.32. The van der Waals surface area contributed by atoms with Gasteiger partial charge in [0.25, 0.3) is 0 Å². The van der Waals surface area contributed by atoms with Crippen molar-refractivity contribution in [1.82, 2.24) is 14.7 Å². The van der Waals surface area contributed by atoms with Crippen molar-refractivity contribution in [2.24, 2.45) is 23.7 Å². The molecule has 14 nitrogen and oxygen atoms in total. The Hall–Kier alpha value is -3.33. The highest BCUT2D eigenvalue weighted by Gasteiger charge is 2.60. The van der Waals surface area contributed by atoms with E-state index in [-0.39, 0.29) is 36.4 Å². The Morgan fingerprint density at radius 2 is 1.58 bits per heavy atom. The molecule has 0 aromatic heterocycles. The van der Waals surface area contributed by atoms with Crippen LogP contribution < -0.4 is 0 Å². The van der Waals surface area contributed by atoms with E-state index in [2.05, 4.69) is 0 Å². The van der Waals surface area contributed by atoms with Crippen LogP contribution >= 0.6 is 11.8 Å². The van der Waals surface area contributed by atoms with E-state index in [1.54, 1.807) is 27.9 Å². The Bertz CT molecular complexity index is 1200. The summed E-state index contributed by atoms with van der Waals surface area (Å²) in [5.41, 5.74) is -0.00454. The van der Waals surface area contributed by atoms with Crippen molar-refractivity contribution in [2.45, 2.75) is 84.2 Å². The zero-order valence-electron chi connectivity index (χ0n) is 27.1. The number of likely N-dealkylation sites (N-methyl/N-ethyl adjacent to an activating group) is 1. The number of β-lactam (4-membered cyclic amide) rings is 1. The maximum absolute atomic E-state index is 13.4. The summed E-state index contributed by atoms with van der Waals surface area (Å²) in [6.45, 7) is 9.18. The van der Waals surface area contributed by atoms with Gasteiger partial charge in [-0.25, -0.2) is 9.59 Å². The molecule has 15 heteroatoms. The van der Waals surface area contributed by atoms with E-state index in [0.717, 1.165) is 0 Å². The number of carbonyl (C=O) groups excluding carboxylic acids is 6. The smallest absolute Gasteiger partial charge is 0.413 e. The van der Waals surface area contributed by atoms with Gasteiger partial charge in [0.1, 0.15) is 11.7 Å². The third kappa shape index (κ3) is 7.74. The van der Waals surface area contributed by atoms with Gasteiger partial charge >= 0.3 is 24.0 Å². The van der Waals surface area contributed by atoms with Gasteiger partial charge in [-0.1, -0.05) is 34.6 Å². The molecule has 0 spiro atoms. The first-order valence-electron chi connectivity index (χ1n) is 15.2. The molecule has 2 fully saturated rings. The molecule has 0 radical (unpaired) electrons. The molecule has 0 aliphatic carbocycles. The summed E-state index contributed by atoms with van der Waals surface area (Å²) in [5, 5.41) is 9.91. The predicted octanol–water partition coefficient (Wildman–Crippen LogP) is 2.09. The third-order valence-corrected chi connectivity index (χ3v) is 9.88. The summed E-state index contributed by atoms with van der Waals surface area (Å²) in [7, 11) is 3.13. The van der Waals surface area contributed by atoms with Gasteiger partial charge in [-0.15, -0.1) is 11.8 Å². The first-order valence-corrected chi connectivity index (χ1v) is 16.1. The lowest BCUT2D eigenvalue weighted by Gasteiger charge is -2.46. The summed E-state index contributed by atoms with van der Waals surface area (Å²) in [6, 6.07) is -1.38. The van der Waals surface area contributed by atoms with Gasteiger partial charge in [-0.3, -0.25) is 24.1 Å². The van der Waals surface area contributed by atoms with Crippen molar-refractivity contribution in [3.05, 3.63) is 10.6 Å². The van der Waals surface area contributed by atoms with Gasteiger partial charge in [0.15, 0.2) is 0 Å². The largest absolute Gasteiger partial charge is 0.428 e. The predicted molar refractivity (Wildman–Crippen MR) is 161 cm³/mol. The Balaban J connectivity index is 1.82. The standard InChI is InChI=1S/C30H45N3O11S/c1-9-18(10-2)28(38)42-13-43-29(39)23-24(16(5)22-21(17(6)34)26(36)33(22)23)45-19-11-20(25(35)31(7)8)32(12-19)30(40)44-14-41-27(37)15(3)4/h15-22,34H,9-14H2,1-8H3/t16-,17-,19+,20+,21-,22-/m1/s1. The molecule has 3 amide bonds. The maximum Gasteiger partial charge on any atom is 0.413 e. The molecule has 3 heterocycles. The fourth-order valence-electron chi connectivity index (χ4n) is 5.80. The second-order valence-corrected chi connectivity index (χ2v) is 13.4. The van der Waals surface area contributed by atoms with Crippen LogP contribution in [0.25, 0.3) is 0 Å². The van der Waals surface area contributed by atoms with E-state index in [0.29, 0.717) is 17.7 Å². The number of ether oxygens (including phenoxy) is 4. The number of aliphatic hydroxyl groups excluding tert-OH is 1. The van der Waals surface area contributed by atoms with Crippen molar-refractivity contribution in [3.63, 3.8) is 0 Å². The highest BCUT2D eigenvalue weighted by molar-refractivity contribution is 8.03. The van der Waals surface area contributed by atoms with Crippen LogP contribution in [-0.2, 0) is 42.9 Å². The molecule has 6 atom stereocenters. The topological polar surface area (TPSA) is 169 Å². The van der Waals surface area contributed by atoms with Crippen LogP contribution in [0.1, 0.15) is 60.8 Å². The molecule has 0 bridgehead atoms. The summed E-state index contributed by atoms with van der Waals surface area (Å²) in [6.07, 6.45) is -0.428. The molecule has 3 aliphatic heterocycles. The lowest BCUT2D eigenvalue weighted by Crippen LogP contribution is -2.63. The lowest BCUT2D eigenvalue weighted by atomic mass is 9.79. The zero-order valence-corrected chi connectivity index (χ0v) is 28.0. The quantitative estimate of drug-likeness (QED) is 0.174. The number of likely N-dealkylation sites (tertiary alicyclic amines) is 1. The fraction of sp³-hybridized carbons (Fsp3) is 0.733. The first-order chi connectivity index (χ1) is 21.2. The molecular formula is C30H45N3O11S. The van der Waals surface area contributed by atoms with Crippen LogP contribution in [0.2, 0.25) is 0 Å². The highest BCUT2D eigenvalue weighted by atomic mass is 32.2. The van der Waals surface area contributed by atoms with E-state index < -0.39 is 78.8 Å². The van der Waals surface area contributed by atoms with Crippen LogP contribution in [0.15, 0.2) is 10.6 Å². The number of fused-ring (bicyclic) bond motifs is 1. The number of aliphatic hydroxyl groups is 1. The Morgan fingerprint density at radius 1 is 0.978 bits per heavy atom. The van der Waals surface area contributed by atoms with Crippen molar-refractivity contribution >= 4 is 47.6 Å². The van der Waals surface area contributed by atoms with Crippen LogP contribution in [0, 0.1) is 23.7 Å². The summed E-state index contributed by atoms with van der Waals surface area (Å²) < 4.78 is 20.6. The number of amides is 3. The van der Waals surface area contributed by atoms with Gasteiger partial charge in [0.2, 0.25) is 25.4 Å². The number of thioether (sulfide) groups is 1. The van der Waals surface area contributed by atoms with Crippen LogP contribution in [-0.4, -0.2) is 113 Å². The number of nitrogens with zero attached hydrogens (tertiary/aromatic N) is 3. The van der Waals surface area contributed by atoms with Crippen LogP contribution in [0.4, 0.5) is 4.79 Å². The van der Waals surface area contributed by atoms with E-state index >= 15 is 0 Å². The Labute approximate surface area is 267 Å². The zero-order chi connectivity index (χ0) is 33.7. The minimum Gasteiger partial charge on any atom is -0.428 e. The Kier molecular flexibility index (Phi) is 12.3. The molecule has 0 saturated carbocycles. The van der Waals surface area contributed by atoms with Gasteiger partial charge in [0, 0.05) is 36.7 Å². The molecule has 252 valence electrons. The average molecular weight is 656 g/mol. The van der Waals surface area contributed by atoms with Crippen molar-refractivity contribution in [1.29, 1.82) is 0 Å². The Morgan fingerprint density at radius 3 is 2.13 bits per heavy atom. The number of carbonyl (C=O) groups is 6. The third-order valence-electron chi connectivity index (χ3n) is 8.38. The second-order valence-electron chi connectivity index (χ2n) is 12.0. The van der Waals surface area contributed by atoms with E-state index in [4.69, 9.17) is 18.9 Å². The van der Waals surface area contributed by atoms with Gasteiger partial charge < -0.3 is 33.9 Å².